The summed E-state index contributed by atoms with van der Waals surface area (Å²) in [6.07, 6.45) is 0. The number of aromatic amines is 1. The van der Waals surface area contributed by atoms with Crippen molar-refractivity contribution in [3.05, 3.63) is 35.7 Å². The number of thioether (sulfide) groups is 1. The highest BCUT2D eigenvalue weighted by Gasteiger charge is 2.07. The van der Waals surface area contributed by atoms with Crippen LogP contribution in [0.4, 0.5) is 10.5 Å². The molecular weight excluding hydrogens is 330 g/mol. The van der Waals surface area contributed by atoms with Gasteiger partial charge in [0, 0.05) is 18.0 Å². The number of amides is 2. The fourth-order valence-corrected chi connectivity index (χ4v) is 2.47. The number of carbonyl (C=O) groups excluding carboxylic acids is 2. The Morgan fingerprint density at radius 1 is 1.29 bits per heavy atom. The van der Waals surface area contributed by atoms with Crippen LogP contribution in [0.1, 0.15) is 23.1 Å². The predicted octanol–water partition coefficient (Wildman–Crippen LogP) is 2.20. The fourth-order valence-electron chi connectivity index (χ4n) is 1.77. The van der Waals surface area contributed by atoms with E-state index in [0.717, 1.165) is 5.82 Å². The van der Waals surface area contributed by atoms with E-state index in [1.165, 1.54) is 11.8 Å². The number of carbonyl (C=O) groups is 2. The van der Waals surface area contributed by atoms with E-state index in [9.17, 15) is 9.59 Å². The molecule has 0 aliphatic carbocycles. The summed E-state index contributed by atoms with van der Waals surface area (Å²) >= 11 is 1.45. The Labute approximate surface area is 143 Å². The molecule has 0 radical (unpaired) electrons. The second kappa shape index (κ2) is 8.92. The van der Waals surface area contributed by atoms with Crippen LogP contribution in [0.15, 0.2) is 29.4 Å². The molecule has 0 aliphatic heterocycles. The maximum absolute atomic E-state index is 11.8. The van der Waals surface area contributed by atoms with Gasteiger partial charge in [0.05, 0.1) is 12.2 Å². The van der Waals surface area contributed by atoms with Crippen LogP contribution < -0.4 is 10.6 Å². The zero-order valence-corrected chi connectivity index (χ0v) is 14.3. The summed E-state index contributed by atoms with van der Waals surface area (Å²) in [5.74, 6) is 1.04. The molecule has 0 bridgehead atoms. The predicted molar refractivity (Wildman–Crippen MR) is 91.3 cm³/mol. The molecule has 2 aromatic rings. The van der Waals surface area contributed by atoms with Gasteiger partial charge < -0.3 is 15.4 Å². The molecule has 8 nitrogen and oxygen atoms in total. The van der Waals surface area contributed by atoms with Gasteiger partial charge in [-0.2, -0.15) is 0 Å². The normalized spacial score (nSPS) is 10.2. The van der Waals surface area contributed by atoms with Gasteiger partial charge in [0.1, 0.15) is 5.82 Å². The lowest BCUT2D eigenvalue weighted by Crippen LogP contribution is -2.30. The van der Waals surface area contributed by atoms with Gasteiger partial charge in [0.2, 0.25) is 5.16 Å². The van der Waals surface area contributed by atoms with Crippen molar-refractivity contribution in [1.29, 1.82) is 0 Å². The third-order valence-electron chi connectivity index (χ3n) is 2.85. The molecule has 1 aromatic carbocycles. The smallest absolute Gasteiger partial charge is 0.338 e. The average Bonchev–Trinajstić information content (AvgIpc) is 2.98. The number of aromatic nitrogens is 3. The number of H-pyrrole nitrogens is 1. The van der Waals surface area contributed by atoms with Gasteiger partial charge in [0.25, 0.3) is 0 Å². The van der Waals surface area contributed by atoms with Gasteiger partial charge in [-0.25, -0.2) is 14.6 Å². The summed E-state index contributed by atoms with van der Waals surface area (Å²) in [7, 11) is 0. The van der Waals surface area contributed by atoms with Crippen LogP contribution in [-0.2, 0) is 4.74 Å². The summed E-state index contributed by atoms with van der Waals surface area (Å²) in [6, 6.07) is 6.20. The van der Waals surface area contributed by atoms with E-state index in [4.69, 9.17) is 4.74 Å². The molecule has 0 unspecified atom stereocenters. The fraction of sp³-hybridized carbons (Fsp3) is 0.333. The third-order valence-corrected chi connectivity index (χ3v) is 3.70. The largest absolute Gasteiger partial charge is 0.462 e. The number of nitrogens with zero attached hydrogens (tertiary/aromatic N) is 2. The Kier molecular flexibility index (Phi) is 6.62. The molecule has 0 atom stereocenters. The first-order chi connectivity index (χ1) is 11.6. The molecule has 1 heterocycles. The summed E-state index contributed by atoms with van der Waals surface area (Å²) in [6.45, 7) is 4.38. The van der Waals surface area contributed by atoms with E-state index < -0.39 is 0 Å². The Hall–Kier alpha value is -2.55. The zero-order valence-electron chi connectivity index (χ0n) is 13.5. The quantitative estimate of drug-likeness (QED) is 0.402. The van der Waals surface area contributed by atoms with Crippen LogP contribution in [0.2, 0.25) is 0 Å². The van der Waals surface area contributed by atoms with E-state index in [0.29, 0.717) is 35.3 Å². The van der Waals surface area contributed by atoms with Crippen LogP contribution in [0.5, 0.6) is 0 Å². The summed E-state index contributed by atoms with van der Waals surface area (Å²) < 4.78 is 4.90. The van der Waals surface area contributed by atoms with Gasteiger partial charge in [-0.15, -0.1) is 5.10 Å². The minimum atomic E-state index is -0.382. The average molecular weight is 349 g/mol. The highest BCUT2D eigenvalue weighted by molar-refractivity contribution is 7.99. The topological polar surface area (TPSA) is 109 Å². The number of hydrogen-bond acceptors (Lipinski definition) is 6. The first-order valence-electron chi connectivity index (χ1n) is 7.42. The molecule has 0 aliphatic rings. The number of esters is 1. The second-order valence-electron chi connectivity index (χ2n) is 4.73. The number of benzene rings is 1. The Balaban J connectivity index is 1.71. The van der Waals surface area contributed by atoms with Crippen LogP contribution in [-0.4, -0.2) is 46.1 Å². The van der Waals surface area contributed by atoms with E-state index in [1.807, 2.05) is 6.92 Å². The maximum Gasteiger partial charge on any atom is 0.338 e. The van der Waals surface area contributed by atoms with Crippen LogP contribution in [0, 0.1) is 6.92 Å². The van der Waals surface area contributed by atoms with Crippen molar-refractivity contribution in [2.24, 2.45) is 0 Å². The Morgan fingerprint density at radius 2 is 2.04 bits per heavy atom. The number of hydrogen-bond donors (Lipinski definition) is 3. The van der Waals surface area contributed by atoms with Crippen molar-refractivity contribution in [1.82, 2.24) is 20.5 Å². The van der Waals surface area contributed by atoms with Gasteiger partial charge in [0.15, 0.2) is 0 Å². The van der Waals surface area contributed by atoms with Gasteiger partial charge >= 0.3 is 12.0 Å². The summed E-state index contributed by atoms with van der Waals surface area (Å²) in [4.78, 5) is 27.5. The monoisotopic (exact) mass is 349 g/mol. The van der Waals surface area contributed by atoms with Crippen molar-refractivity contribution in [2.75, 3.05) is 24.2 Å². The molecule has 0 fully saturated rings. The number of ether oxygens (including phenoxy) is 1. The van der Waals surface area contributed by atoms with Crippen molar-refractivity contribution in [3.63, 3.8) is 0 Å². The molecule has 0 saturated heterocycles. The molecule has 9 heteroatoms. The number of aryl methyl sites for hydroxylation is 1. The third kappa shape index (κ3) is 5.58. The van der Waals surface area contributed by atoms with E-state index in [-0.39, 0.29) is 12.0 Å². The number of anilines is 1. The van der Waals surface area contributed by atoms with Crippen molar-refractivity contribution in [3.8, 4) is 0 Å². The molecule has 0 spiro atoms. The molecular formula is C15H19N5O3S. The van der Waals surface area contributed by atoms with E-state index >= 15 is 0 Å². The van der Waals surface area contributed by atoms with Gasteiger partial charge in [-0.1, -0.05) is 11.8 Å². The zero-order chi connectivity index (χ0) is 17.4. The molecule has 3 N–H and O–H groups in total. The summed E-state index contributed by atoms with van der Waals surface area (Å²) in [5.41, 5.74) is 1.04. The molecule has 2 amide bonds. The van der Waals surface area contributed by atoms with Crippen LogP contribution >= 0.6 is 11.8 Å². The minimum absolute atomic E-state index is 0.314. The first-order valence-corrected chi connectivity index (χ1v) is 8.41. The van der Waals surface area contributed by atoms with Crippen LogP contribution in [0.25, 0.3) is 0 Å². The number of nitrogens with one attached hydrogen (secondary N) is 3. The van der Waals surface area contributed by atoms with Crippen molar-refractivity contribution < 1.29 is 14.3 Å². The SMILES string of the molecule is CCOC(=O)c1ccc(NC(=O)NCCSc2n[nH]c(C)n2)cc1. The number of urea groups is 1. The van der Waals surface area contributed by atoms with Crippen molar-refractivity contribution in [2.45, 2.75) is 19.0 Å². The van der Waals surface area contributed by atoms with Gasteiger partial charge in [-0.05, 0) is 38.1 Å². The van der Waals surface area contributed by atoms with Crippen LogP contribution in [0.3, 0.4) is 0 Å². The maximum atomic E-state index is 11.8. The Morgan fingerprint density at radius 3 is 2.67 bits per heavy atom. The molecule has 128 valence electrons. The lowest BCUT2D eigenvalue weighted by atomic mass is 10.2. The highest BCUT2D eigenvalue weighted by atomic mass is 32.2. The summed E-state index contributed by atoms with van der Waals surface area (Å²) in [5, 5.41) is 12.8. The first kappa shape index (κ1) is 17.8. The van der Waals surface area contributed by atoms with E-state index in [2.05, 4.69) is 25.8 Å². The highest BCUT2D eigenvalue weighted by Crippen LogP contribution is 2.12. The molecule has 24 heavy (non-hydrogen) atoms. The molecule has 2 rings (SSSR count). The number of rotatable bonds is 7. The molecule has 1 aromatic heterocycles. The Bertz CT molecular complexity index is 687. The molecule has 0 saturated carbocycles. The van der Waals surface area contributed by atoms with Crippen molar-refractivity contribution >= 4 is 29.4 Å². The lowest BCUT2D eigenvalue weighted by molar-refractivity contribution is 0.0526. The minimum Gasteiger partial charge on any atom is -0.462 e. The van der Waals surface area contributed by atoms with E-state index in [1.54, 1.807) is 31.2 Å². The standard InChI is InChI=1S/C15H19N5O3S/c1-3-23-13(21)11-4-6-12(7-5-11)18-14(22)16-8-9-24-15-17-10(2)19-20-15/h4-7H,3,8-9H2,1-2H3,(H2,16,18,22)(H,17,19,20). The van der Waals surface area contributed by atoms with Gasteiger partial charge in [-0.3, -0.25) is 5.10 Å². The second-order valence-corrected chi connectivity index (χ2v) is 5.79. The lowest BCUT2D eigenvalue weighted by Gasteiger charge is -2.08.